The normalized spacial score (nSPS) is 12.3. The quantitative estimate of drug-likeness (QED) is 0.933. The molecule has 1 amide bonds. The number of hydrogen-bond acceptors (Lipinski definition) is 2. The average Bonchev–Trinajstić information content (AvgIpc) is 2.61. The van der Waals surface area contributed by atoms with Crippen molar-refractivity contribution >= 4 is 29.1 Å². The monoisotopic (exact) mass is 329 g/mol. The van der Waals surface area contributed by atoms with Gasteiger partial charge in [-0.05, 0) is 37.6 Å². The Morgan fingerprint density at radius 2 is 1.90 bits per heavy atom. The van der Waals surface area contributed by atoms with E-state index in [0.717, 1.165) is 10.2 Å². The fraction of sp³-hybridized carbons (Fsp3) is 0.286. The molecule has 1 aromatic heterocycles. The molecule has 0 aliphatic heterocycles. The number of nitrogens with zero attached hydrogens (tertiary/aromatic N) is 2. The lowest BCUT2D eigenvalue weighted by molar-refractivity contribution is 0.0934. The van der Waals surface area contributed by atoms with Crippen molar-refractivity contribution in [2.45, 2.75) is 19.9 Å². The summed E-state index contributed by atoms with van der Waals surface area (Å²) in [5, 5.41) is 7.54. The first-order valence-corrected chi connectivity index (χ1v) is 7.01. The summed E-state index contributed by atoms with van der Waals surface area (Å²) in [5.74, 6) is -1.19. The van der Waals surface area contributed by atoms with Crippen LogP contribution >= 0.6 is 23.2 Å². The molecule has 112 valence electrons. The van der Waals surface area contributed by atoms with Gasteiger partial charge in [-0.25, -0.2) is 4.68 Å². The molecular formula is C14H14Cl2FN3O. The Morgan fingerprint density at radius 3 is 2.38 bits per heavy atom. The van der Waals surface area contributed by atoms with Gasteiger partial charge in [0.2, 0.25) is 5.95 Å². The molecule has 2 aromatic rings. The third-order valence-corrected chi connectivity index (χ3v) is 3.55. The number of halogens is 3. The van der Waals surface area contributed by atoms with Crippen LogP contribution < -0.4 is 5.32 Å². The highest BCUT2D eigenvalue weighted by molar-refractivity contribution is 6.34. The van der Waals surface area contributed by atoms with Crippen LogP contribution in [0.2, 0.25) is 10.0 Å². The number of hydrogen-bond donors (Lipinski definition) is 1. The van der Waals surface area contributed by atoms with E-state index in [1.54, 1.807) is 32.0 Å². The van der Waals surface area contributed by atoms with Gasteiger partial charge in [-0.1, -0.05) is 23.2 Å². The molecule has 0 spiro atoms. The molecule has 0 aliphatic carbocycles. The second-order valence-electron chi connectivity index (χ2n) is 4.77. The highest BCUT2D eigenvalue weighted by Gasteiger charge is 2.22. The van der Waals surface area contributed by atoms with Gasteiger partial charge in [0.1, 0.15) is 5.56 Å². The molecule has 1 heterocycles. The molecule has 2 rings (SSSR count). The first-order chi connectivity index (χ1) is 9.79. The van der Waals surface area contributed by atoms with E-state index >= 15 is 0 Å². The van der Waals surface area contributed by atoms with Gasteiger partial charge in [0.15, 0.2) is 0 Å². The van der Waals surface area contributed by atoms with E-state index in [1.165, 1.54) is 7.05 Å². The van der Waals surface area contributed by atoms with Gasteiger partial charge < -0.3 is 5.32 Å². The number of aromatic nitrogens is 2. The molecule has 0 aliphatic rings. The Balaban J connectivity index is 2.22. The molecule has 0 radical (unpaired) electrons. The van der Waals surface area contributed by atoms with Crippen LogP contribution in [0.1, 0.15) is 34.6 Å². The molecule has 1 aromatic carbocycles. The van der Waals surface area contributed by atoms with Gasteiger partial charge >= 0.3 is 0 Å². The molecule has 4 nitrogen and oxygen atoms in total. The topological polar surface area (TPSA) is 46.9 Å². The first-order valence-electron chi connectivity index (χ1n) is 6.25. The van der Waals surface area contributed by atoms with Crippen LogP contribution in [0.15, 0.2) is 18.2 Å². The van der Waals surface area contributed by atoms with Gasteiger partial charge in [-0.3, -0.25) is 4.79 Å². The summed E-state index contributed by atoms with van der Waals surface area (Å²) in [7, 11) is 1.44. The van der Waals surface area contributed by atoms with E-state index in [1.807, 2.05) is 0 Å². The van der Waals surface area contributed by atoms with Crippen LogP contribution in [0.3, 0.4) is 0 Å². The SMILES string of the molecule is Cc1nn(C)c(F)c1C(=O)NC(C)c1cc(Cl)cc(Cl)c1. The van der Waals surface area contributed by atoms with Gasteiger partial charge in [0.25, 0.3) is 5.91 Å². The van der Waals surface area contributed by atoms with Crippen LogP contribution in [0.25, 0.3) is 0 Å². The fourth-order valence-corrected chi connectivity index (χ4v) is 2.61. The Labute approximate surface area is 131 Å². The van der Waals surface area contributed by atoms with E-state index in [-0.39, 0.29) is 11.6 Å². The summed E-state index contributed by atoms with van der Waals surface area (Å²) in [6, 6.07) is 4.63. The minimum atomic E-state index is -0.665. The van der Waals surface area contributed by atoms with E-state index in [0.29, 0.717) is 15.7 Å². The van der Waals surface area contributed by atoms with Crippen molar-refractivity contribution in [2.24, 2.45) is 7.05 Å². The third kappa shape index (κ3) is 3.36. The maximum atomic E-state index is 13.9. The highest BCUT2D eigenvalue weighted by Crippen LogP contribution is 2.24. The summed E-state index contributed by atoms with van der Waals surface area (Å²) < 4.78 is 14.9. The van der Waals surface area contributed by atoms with Crippen molar-refractivity contribution in [3.63, 3.8) is 0 Å². The van der Waals surface area contributed by atoms with Crippen molar-refractivity contribution in [1.82, 2.24) is 15.1 Å². The van der Waals surface area contributed by atoms with E-state index in [2.05, 4.69) is 10.4 Å². The predicted molar refractivity (Wildman–Crippen MR) is 80.2 cm³/mol. The lowest BCUT2D eigenvalue weighted by Crippen LogP contribution is -2.27. The third-order valence-electron chi connectivity index (χ3n) is 3.11. The summed E-state index contributed by atoms with van der Waals surface area (Å²) >= 11 is 11.9. The highest BCUT2D eigenvalue weighted by atomic mass is 35.5. The van der Waals surface area contributed by atoms with E-state index in [9.17, 15) is 9.18 Å². The van der Waals surface area contributed by atoms with Crippen molar-refractivity contribution < 1.29 is 9.18 Å². The number of amides is 1. The van der Waals surface area contributed by atoms with Crippen molar-refractivity contribution in [2.75, 3.05) is 0 Å². The molecule has 0 saturated carbocycles. The Kier molecular flexibility index (Phi) is 4.54. The average molecular weight is 330 g/mol. The number of rotatable bonds is 3. The van der Waals surface area contributed by atoms with Gasteiger partial charge in [0, 0.05) is 17.1 Å². The van der Waals surface area contributed by atoms with Crippen LogP contribution in [0.5, 0.6) is 0 Å². The molecule has 0 fully saturated rings. The predicted octanol–water partition coefficient (Wildman–Crippen LogP) is 3.67. The van der Waals surface area contributed by atoms with Gasteiger partial charge in [-0.15, -0.1) is 0 Å². The molecule has 0 bridgehead atoms. The van der Waals surface area contributed by atoms with Crippen molar-refractivity contribution in [3.05, 3.63) is 51.0 Å². The maximum Gasteiger partial charge on any atom is 0.258 e. The number of carbonyl (C=O) groups is 1. The standard InChI is InChI=1S/C14H14Cl2FN3O/c1-7(9-4-10(15)6-11(16)5-9)18-14(21)12-8(2)19-20(3)13(12)17/h4-7H,1-3H3,(H,18,21). The van der Waals surface area contributed by atoms with Gasteiger partial charge in [-0.2, -0.15) is 9.49 Å². The lowest BCUT2D eigenvalue weighted by Gasteiger charge is -2.15. The lowest BCUT2D eigenvalue weighted by atomic mass is 10.1. The molecule has 0 saturated heterocycles. The zero-order chi connectivity index (χ0) is 15.7. The second kappa shape index (κ2) is 6.03. The second-order valence-corrected chi connectivity index (χ2v) is 5.65. The van der Waals surface area contributed by atoms with Crippen LogP contribution in [0, 0.1) is 12.9 Å². The smallest absolute Gasteiger partial charge is 0.258 e. The first kappa shape index (κ1) is 15.8. The zero-order valence-corrected chi connectivity index (χ0v) is 13.3. The Morgan fingerprint density at radius 1 is 1.33 bits per heavy atom. The number of carbonyl (C=O) groups excluding carboxylic acids is 1. The van der Waals surface area contributed by atoms with Crippen LogP contribution in [0.4, 0.5) is 4.39 Å². The number of aryl methyl sites for hydroxylation is 2. The van der Waals surface area contributed by atoms with Gasteiger partial charge in [0.05, 0.1) is 11.7 Å². The van der Waals surface area contributed by atoms with Crippen molar-refractivity contribution in [3.8, 4) is 0 Å². The van der Waals surface area contributed by atoms with E-state index < -0.39 is 11.9 Å². The fourth-order valence-electron chi connectivity index (χ4n) is 2.07. The minimum Gasteiger partial charge on any atom is -0.345 e. The maximum absolute atomic E-state index is 13.9. The number of nitrogens with one attached hydrogen (secondary N) is 1. The number of benzene rings is 1. The summed E-state index contributed by atoms with van der Waals surface area (Å²) in [6.45, 7) is 3.35. The largest absolute Gasteiger partial charge is 0.345 e. The molecule has 1 atom stereocenters. The minimum absolute atomic E-state index is 0.0579. The summed E-state index contributed by atoms with van der Waals surface area (Å²) in [4.78, 5) is 12.2. The Hall–Kier alpha value is -1.59. The summed E-state index contributed by atoms with van der Waals surface area (Å²) in [6.07, 6.45) is 0. The molecule has 1 unspecified atom stereocenters. The van der Waals surface area contributed by atoms with E-state index in [4.69, 9.17) is 23.2 Å². The van der Waals surface area contributed by atoms with Crippen molar-refractivity contribution in [1.29, 1.82) is 0 Å². The molecular weight excluding hydrogens is 316 g/mol. The zero-order valence-electron chi connectivity index (χ0n) is 11.7. The summed E-state index contributed by atoms with van der Waals surface area (Å²) in [5.41, 5.74) is 1.02. The van der Waals surface area contributed by atoms with Crippen LogP contribution in [-0.2, 0) is 7.05 Å². The molecule has 7 heteroatoms. The molecule has 1 N–H and O–H groups in total. The molecule has 21 heavy (non-hydrogen) atoms. The van der Waals surface area contributed by atoms with Crippen LogP contribution in [-0.4, -0.2) is 15.7 Å². The Bertz CT molecular complexity index is 680.